The number of halogens is 1. The van der Waals surface area contributed by atoms with E-state index in [1.54, 1.807) is 60.7 Å². The summed E-state index contributed by atoms with van der Waals surface area (Å²) in [5, 5.41) is 11.9. The lowest BCUT2D eigenvalue weighted by Crippen LogP contribution is -2.29. The van der Waals surface area contributed by atoms with Gasteiger partial charge in [-0.1, -0.05) is 37.6 Å². The Morgan fingerprint density at radius 3 is 2.49 bits per heavy atom. The second-order valence-electron chi connectivity index (χ2n) is 9.44. The van der Waals surface area contributed by atoms with E-state index in [2.05, 4.69) is 13.8 Å². The Kier molecular flexibility index (Phi) is 6.56. The summed E-state index contributed by atoms with van der Waals surface area (Å²) in [6.45, 7) is 6.63. The molecule has 1 N–H and O–H groups in total. The van der Waals surface area contributed by atoms with Crippen LogP contribution >= 0.6 is 11.6 Å². The van der Waals surface area contributed by atoms with E-state index in [1.807, 2.05) is 6.92 Å². The van der Waals surface area contributed by atoms with Gasteiger partial charge in [0.1, 0.15) is 11.5 Å². The fraction of sp³-hybridized carbons (Fsp3) is 0.241. The number of carbonyl (C=O) groups is 2. The van der Waals surface area contributed by atoms with Crippen molar-refractivity contribution in [2.75, 3.05) is 18.3 Å². The number of nitrogens with zero attached hydrogens (tertiary/aromatic N) is 1. The Hall–Kier alpha value is -3.97. The van der Waals surface area contributed by atoms with E-state index in [1.165, 1.54) is 4.90 Å². The first-order valence-electron chi connectivity index (χ1n) is 11.9. The van der Waals surface area contributed by atoms with Gasteiger partial charge in [-0.15, -0.1) is 0 Å². The van der Waals surface area contributed by atoms with Gasteiger partial charge in [0, 0.05) is 22.3 Å². The molecule has 1 fully saturated rings. The number of ether oxygens (including phenoxy) is 3. The number of ketones is 1. The SMILES string of the molecule is Cc1cc(/C(O)=C2\C(=O)C(=O)N(c3ccc4c(c3)OCO4)C2c2ccc(Cl)cc2)ccc1OCC(C)C. The number of carbonyl (C=O) groups excluding carboxylic acids is 2. The van der Waals surface area contributed by atoms with Crippen LogP contribution in [0, 0.1) is 12.8 Å². The number of hydrogen-bond acceptors (Lipinski definition) is 6. The Morgan fingerprint density at radius 1 is 1.05 bits per heavy atom. The predicted octanol–water partition coefficient (Wildman–Crippen LogP) is 6.04. The number of fused-ring (bicyclic) bond motifs is 1. The third-order valence-electron chi connectivity index (χ3n) is 6.29. The van der Waals surface area contributed by atoms with Gasteiger partial charge in [0.15, 0.2) is 11.5 Å². The Labute approximate surface area is 219 Å². The van der Waals surface area contributed by atoms with Crippen molar-refractivity contribution in [2.45, 2.75) is 26.8 Å². The van der Waals surface area contributed by atoms with Gasteiger partial charge in [0.2, 0.25) is 6.79 Å². The van der Waals surface area contributed by atoms with Crippen molar-refractivity contribution in [1.82, 2.24) is 0 Å². The number of aryl methyl sites for hydroxylation is 1. The van der Waals surface area contributed by atoms with Crippen LogP contribution in [-0.4, -0.2) is 30.2 Å². The number of rotatable bonds is 6. The van der Waals surface area contributed by atoms with Crippen LogP contribution in [0.2, 0.25) is 5.02 Å². The van der Waals surface area contributed by atoms with Crippen LogP contribution in [0.15, 0.2) is 66.2 Å². The maximum absolute atomic E-state index is 13.4. The molecule has 0 saturated carbocycles. The highest BCUT2D eigenvalue weighted by Gasteiger charge is 2.47. The second kappa shape index (κ2) is 9.82. The predicted molar refractivity (Wildman–Crippen MR) is 140 cm³/mol. The molecule has 8 heteroatoms. The minimum atomic E-state index is -0.880. The molecule has 7 nitrogen and oxygen atoms in total. The quantitative estimate of drug-likeness (QED) is 0.243. The van der Waals surface area contributed by atoms with Crippen molar-refractivity contribution in [3.05, 3.63) is 87.9 Å². The third-order valence-corrected chi connectivity index (χ3v) is 6.54. The zero-order valence-electron chi connectivity index (χ0n) is 20.7. The van der Waals surface area contributed by atoms with Crippen molar-refractivity contribution < 1.29 is 28.9 Å². The lowest BCUT2D eigenvalue weighted by molar-refractivity contribution is -0.132. The zero-order chi connectivity index (χ0) is 26.3. The van der Waals surface area contributed by atoms with Gasteiger partial charge in [-0.3, -0.25) is 14.5 Å². The Morgan fingerprint density at radius 2 is 1.78 bits per heavy atom. The van der Waals surface area contributed by atoms with Gasteiger partial charge in [0.05, 0.1) is 18.2 Å². The molecule has 1 unspecified atom stereocenters. The monoisotopic (exact) mass is 519 g/mol. The van der Waals surface area contributed by atoms with Gasteiger partial charge in [-0.25, -0.2) is 0 Å². The summed E-state index contributed by atoms with van der Waals surface area (Å²) in [6.07, 6.45) is 0. The molecule has 0 aliphatic carbocycles. The van der Waals surface area contributed by atoms with Crippen molar-refractivity contribution in [3.63, 3.8) is 0 Å². The number of aliphatic hydroxyl groups excluding tert-OH is 1. The molecule has 0 radical (unpaired) electrons. The van der Waals surface area contributed by atoms with E-state index in [-0.39, 0.29) is 18.1 Å². The molecule has 1 atom stereocenters. The number of aliphatic hydroxyl groups is 1. The molecule has 3 aromatic carbocycles. The molecule has 0 aromatic heterocycles. The number of amides is 1. The highest BCUT2D eigenvalue weighted by atomic mass is 35.5. The van der Waals surface area contributed by atoms with Crippen LogP contribution in [0.4, 0.5) is 5.69 Å². The fourth-order valence-electron chi connectivity index (χ4n) is 4.46. The summed E-state index contributed by atoms with van der Waals surface area (Å²) in [6, 6.07) is 16.2. The van der Waals surface area contributed by atoms with E-state index < -0.39 is 17.7 Å². The third kappa shape index (κ3) is 4.62. The number of benzene rings is 3. The largest absolute Gasteiger partial charge is 0.507 e. The van der Waals surface area contributed by atoms with E-state index in [4.69, 9.17) is 25.8 Å². The summed E-state index contributed by atoms with van der Waals surface area (Å²) >= 11 is 6.11. The maximum Gasteiger partial charge on any atom is 0.300 e. The van der Waals surface area contributed by atoms with E-state index in [0.717, 1.165) is 5.56 Å². The molecule has 0 bridgehead atoms. The fourth-order valence-corrected chi connectivity index (χ4v) is 4.59. The smallest absolute Gasteiger partial charge is 0.300 e. The summed E-state index contributed by atoms with van der Waals surface area (Å²) in [7, 11) is 0. The average molecular weight is 520 g/mol. The molecule has 2 heterocycles. The van der Waals surface area contributed by atoms with E-state index in [0.29, 0.717) is 51.6 Å². The first-order chi connectivity index (χ1) is 17.7. The van der Waals surface area contributed by atoms with E-state index in [9.17, 15) is 14.7 Å². The number of anilines is 1. The van der Waals surface area contributed by atoms with Crippen molar-refractivity contribution >= 4 is 34.7 Å². The molecule has 1 amide bonds. The molecule has 2 aliphatic rings. The van der Waals surface area contributed by atoms with Crippen LogP contribution in [-0.2, 0) is 9.59 Å². The lowest BCUT2D eigenvalue weighted by atomic mass is 9.94. The van der Waals surface area contributed by atoms with Crippen LogP contribution in [0.3, 0.4) is 0 Å². The normalized spacial score (nSPS) is 18.1. The minimum absolute atomic E-state index is 0.0137. The first-order valence-corrected chi connectivity index (χ1v) is 12.3. The van der Waals surface area contributed by atoms with Crippen LogP contribution in [0.1, 0.15) is 36.6 Å². The van der Waals surface area contributed by atoms with E-state index >= 15 is 0 Å². The van der Waals surface area contributed by atoms with Crippen molar-refractivity contribution in [3.8, 4) is 17.2 Å². The van der Waals surface area contributed by atoms with Crippen LogP contribution in [0.5, 0.6) is 17.2 Å². The van der Waals surface area contributed by atoms with Crippen molar-refractivity contribution in [1.29, 1.82) is 0 Å². The highest BCUT2D eigenvalue weighted by Crippen LogP contribution is 2.45. The van der Waals surface area contributed by atoms with Gasteiger partial charge < -0.3 is 19.3 Å². The summed E-state index contributed by atoms with van der Waals surface area (Å²) in [5.74, 6) is 0.279. The zero-order valence-corrected chi connectivity index (χ0v) is 21.4. The van der Waals surface area contributed by atoms with Gasteiger partial charge >= 0.3 is 0 Å². The molecule has 1 saturated heterocycles. The summed E-state index contributed by atoms with van der Waals surface area (Å²) in [5.41, 5.74) is 2.27. The Balaban J connectivity index is 1.62. The average Bonchev–Trinajstić information content (AvgIpc) is 3.45. The van der Waals surface area contributed by atoms with Gasteiger partial charge in [-0.2, -0.15) is 0 Å². The molecular formula is C29H26ClNO6. The highest BCUT2D eigenvalue weighted by molar-refractivity contribution is 6.51. The lowest BCUT2D eigenvalue weighted by Gasteiger charge is -2.25. The molecule has 0 spiro atoms. The molecular weight excluding hydrogens is 494 g/mol. The molecule has 190 valence electrons. The van der Waals surface area contributed by atoms with Gasteiger partial charge in [-0.05, 0) is 66.4 Å². The molecule has 37 heavy (non-hydrogen) atoms. The van der Waals surface area contributed by atoms with Gasteiger partial charge in [0.25, 0.3) is 11.7 Å². The first kappa shape index (κ1) is 24.7. The van der Waals surface area contributed by atoms with Crippen LogP contribution in [0.25, 0.3) is 5.76 Å². The number of Topliss-reactive ketones (excluding diaryl/α,β-unsaturated/α-hetero) is 1. The minimum Gasteiger partial charge on any atom is -0.507 e. The van der Waals surface area contributed by atoms with Crippen LogP contribution < -0.4 is 19.1 Å². The summed E-state index contributed by atoms with van der Waals surface area (Å²) < 4.78 is 16.7. The molecule has 3 aromatic rings. The Bertz CT molecular complexity index is 1410. The topological polar surface area (TPSA) is 85.3 Å². The standard InChI is InChI=1S/C29H26ClNO6/c1-16(2)14-35-22-10-6-19(12-17(22)3)27(32)25-26(18-4-7-20(30)8-5-18)31(29(34)28(25)33)21-9-11-23-24(13-21)37-15-36-23/h4-13,16,26,32H,14-15H2,1-3H3/b27-25+. The maximum atomic E-state index is 13.4. The second-order valence-corrected chi connectivity index (χ2v) is 9.88. The van der Waals surface area contributed by atoms with Crippen molar-refractivity contribution in [2.24, 2.45) is 5.92 Å². The molecule has 5 rings (SSSR count). The molecule has 2 aliphatic heterocycles. The summed E-state index contributed by atoms with van der Waals surface area (Å²) in [4.78, 5) is 28.2. The number of hydrogen-bond donors (Lipinski definition) is 1.